The van der Waals surface area contributed by atoms with Crippen LogP contribution < -0.4 is 31.9 Å². The van der Waals surface area contributed by atoms with Gasteiger partial charge in [0, 0.05) is 92.3 Å². The molecule has 2 amide bonds. The summed E-state index contributed by atoms with van der Waals surface area (Å²) in [7, 11) is 0.0446. The van der Waals surface area contributed by atoms with Crippen molar-refractivity contribution in [1.82, 2.24) is 60.1 Å². The minimum Gasteiger partial charge on any atom is -0.396 e. The van der Waals surface area contributed by atoms with Gasteiger partial charge < -0.3 is 42.1 Å². The molecule has 2 aromatic carbocycles. The van der Waals surface area contributed by atoms with E-state index in [1.807, 2.05) is 0 Å². The van der Waals surface area contributed by atoms with E-state index in [-0.39, 0.29) is 61.1 Å². The summed E-state index contributed by atoms with van der Waals surface area (Å²) in [6.45, 7) is 0.461. The van der Waals surface area contributed by atoms with E-state index in [9.17, 15) is 40.5 Å². The molecule has 0 saturated carbocycles. The van der Waals surface area contributed by atoms with Crippen LogP contribution in [0.5, 0.6) is 0 Å². The molecule has 8 aromatic rings. The fraction of sp³-hybridized carbons (Fsp3) is 0.240. The smallest absolute Gasteiger partial charge is 0.396 e. The molecule has 0 aliphatic rings. The van der Waals surface area contributed by atoms with E-state index in [0.717, 1.165) is 0 Å². The molecule has 0 unspecified atom stereocenters. The summed E-state index contributed by atoms with van der Waals surface area (Å²) in [6.07, 6.45) is -1.36. The van der Waals surface area contributed by atoms with Crippen LogP contribution in [0.3, 0.4) is 0 Å². The number of carbonyl (C=O) groups excluding carboxylic acids is 2. The number of nitrogens with zero attached hydrogens (tertiary/aromatic N) is 10. The van der Waals surface area contributed by atoms with Gasteiger partial charge in [0.1, 0.15) is 36.0 Å². The summed E-state index contributed by atoms with van der Waals surface area (Å²) >= 11 is 0. The Hall–Kier alpha value is -9.02. The zero-order valence-electron chi connectivity index (χ0n) is 42.2. The summed E-state index contributed by atoms with van der Waals surface area (Å²) in [6, 6.07) is 18.4. The highest BCUT2D eigenvalue weighted by Crippen LogP contribution is 2.38. The maximum absolute atomic E-state index is 14.2. The number of hydrogen-bond donors (Lipinski definition) is 8. The summed E-state index contributed by atoms with van der Waals surface area (Å²) in [5, 5.41) is 42.5. The molecule has 0 saturated heterocycles. The lowest BCUT2D eigenvalue weighted by molar-refractivity contribution is -0.138. The Morgan fingerprint density at radius 2 is 0.963 bits per heavy atom. The van der Waals surface area contributed by atoms with Crippen molar-refractivity contribution in [2.75, 3.05) is 48.6 Å². The Morgan fingerprint density at radius 3 is 1.32 bits per heavy atom. The van der Waals surface area contributed by atoms with Gasteiger partial charge in [-0.05, 0) is 72.5 Å². The van der Waals surface area contributed by atoms with Crippen LogP contribution in [-0.4, -0.2) is 98.8 Å². The molecule has 23 nitrogen and oxygen atoms in total. The van der Waals surface area contributed by atoms with Crippen molar-refractivity contribution in [2.45, 2.75) is 51.5 Å². The molecule has 0 aliphatic carbocycles. The van der Waals surface area contributed by atoms with Crippen LogP contribution in [-0.2, 0) is 52.3 Å². The van der Waals surface area contributed by atoms with E-state index in [0.29, 0.717) is 83.3 Å². The van der Waals surface area contributed by atoms with Gasteiger partial charge in [0.15, 0.2) is 11.4 Å². The highest BCUT2D eigenvalue weighted by atomic mass is 31.1. The molecule has 80 heavy (non-hydrogen) atoms. The predicted molar refractivity (Wildman–Crippen MR) is 278 cm³/mol. The van der Waals surface area contributed by atoms with Crippen molar-refractivity contribution < 1.29 is 59.8 Å². The first kappa shape index (κ1) is 57.2. The Morgan fingerprint density at radius 1 is 0.562 bits per heavy atom. The molecule has 0 atom stereocenters. The second kappa shape index (κ2) is 25.6. The third kappa shape index (κ3) is 14.8. The number of aryl methyl sites for hydroxylation is 2. The molecule has 0 spiro atoms. The van der Waals surface area contributed by atoms with Crippen LogP contribution in [0.4, 0.5) is 72.6 Å². The van der Waals surface area contributed by atoms with Gasteiger partial charge in [-0.15, -0.1) is 9.05 Å². The molecule has 0 bridgehead atoms. The minimum absolute atomic E-state index is 0.0400. The fourth-order valence-corrected chi connectivity index (χ4v) is 7.97. The lowest BCUT2D eigenvalue weighted by Gasteiger charge is -2.16. The van der Waals surface area contributed by atoms with Crippen molar-refractivity contribution in [3.8, 4) is 22.5 Å². The lowest BCUT2D eigenvalue weighted by Crippen LogP contribution is -2.21. The highest BCUT2D eigenvalue weighted by Gasteiger charge is 2.37. The Labute approximate surface area is 451 Å². The SMILES string of the molecule is CNC(=O)c1nc(-c2cnn(CCCO)c2)ccc1Nc1nc(Nc2ccc(CO[P+](=O)OCc3ccc(Nc4ncc(C(F)(F)F)c(Nc5ccc(-c6cnn(CCCO)c6)nc5C(=O)NC)n4)cc3)cc2)ncc1C(F)(F)F. The molecule has 6 heterocycles. The van der Waals surface area contributed by atoms with E-state index in [4.69, 9.17) is 19.3 Å². The number of carbonyl (C=O) groups is 2. The van der Waals surface area contributed by atoms with Crippen molar-refractivity contribution in [1.29, 1.82) is 0 Å². The van der Waals surface area contributed by atoms with Gasteiger partial charge in [-0.25, -0.2) is 19.9 Å². The monoisotopic (exact) mass is 1130 g/mol. The maximum Gasteiger partial charge on any atom is 0.698 e. The van der Waals surface area contributed by atoms with Crippen molar-refractivity contribution in [2.24, 2.45) is 0 Å². The number of halogens is 6. The molecule has 416 valence electrons. The van der Waals surface area contributed by atoms with Gasteiger partial charge in [0.05, 0.1) is 35.2 Å². The zero-order chi connectivity index (χ0) is 57.0. The molecule has 6 aromatic heterocycles. The first-order valence-electron chi connectivity index (χ1n) is 24.0. The van der Waals surface area contributed by atoms with Crippen LogP contribution in [0.15, 0.2) is 110 Å². The molecule has 0 radical (unpaired) electrons. The number of alkyl halides is 6. The summed E-state index contributed by atoms with van der Waals surface area (Å²) in [5.74, 6) is -3.17. The van der Waals surface area contributed by atoms with Crippen LogP contribution >= 0.6 is 8.25 Å². The molecular formula is C50H48F6N16O7P+. The average Bonchev–Trinajstić information content (AvgIpc) is 4.15. The standard InChI is InChI=1S/C50H47F6N16O7P/c1-57-45(75)41-39(15-13-37(65-41)31-21-61-71(25-31)17-3-19-73)67-43-35(49(51,52)53)23-59-47(69-43)63-33-9-5-29(6-10-33)27-78-80(77)79-28-30-7-11-34(12-8-30)64-48-60-24-36(50(54,55)56)44(70-48)68-40-16-14-38(66-42(40)46(76)58-2)32-22-62-72(26-32)18-4-20-74/h5-16,21-26,73-74H,3-4,17-20,27-28H2,1-2H3,(H5-,57,58,59,60,63,64,67,68,69,70,75,76)/p+1. The van der Waals surface area contributed by atoms with Crippen LogP contribution in [0, 0.1) is 0 Å². The average molecular weight is 1130 g/mol. The van der Waals surface area contributed by atoms with Gasteiger partial charge in [-0.3, -0.25) is 19.0 Å². The first-order chi connectivity index (χ1) is 38.4. The number of aliphatic hydroxyl groups is 2. The Kier molecular flexibility index (Phi) is 18.3. The second-order valence-corrected chi connectivity index (χ2v) is 18.0. The van der Waals surface area contributed by atoms with Crippen LogP contribution in [0.25, 0.3) is 22.5 Å². The van der Waals surface area contributed by atoms with Crippen molar-refractivity contribution in [3.05, 3.63) is 144 Å². The quantitative estimate of drug-likeness (QED) is 0.0207. The number of hydrogen-bond acceptors (Lipinski definition) is 19. The molecule has 8 N–H and O–H groups in total. The summed E-state index contributed by atoms with van der Waals surface area (Å²) in [5.41, 5.74) is 0.488. The second-order valence-electron chi connectivity index (χ2n) is 17.1. The van der Waals surface area contributed by atoms with E-state index in [2.05, 4.69) is 72.0 Å². The van der Waals surface area contributed by atoms with Gasteiger partial charge >= 0.3 is 20.6 Å². The number of aliphatic hydroxyl groups excluding tert-OH is 2. The zero-order valence-corrected chi connectivity index (χ0v) is 43.1. The number of anilines is 8. The van der Waals surface area contributed by atoms with E-state index < -0.39 is 55.2 Å². The van der Waals surface area contributed by atoms with E-state index in [1.54, 1.807) is 70.3 Å². The lowest BCUT2D eigenvalue weighted by atomic mass is 10.1. The minimum atomic E-state index is -4.89. The van der Waals surface area contributed by atoms with Crippen LogP contribution in [0.1, 0.15) is 56.1 Å². The Bertz CT molecular complexity index is 3250. The molecular weight excluding hydrogens is 1080 g/mol. The van der Waals surface area contributed by atoms with Crippen molar-refractivity contribution >= 4 is 66.4 Å². The maximum atomic E-state index is 14.2. The predicted octanol–water partition coefficient (Wildman–Crippen LogP) is 8.67. The number of pyridine rings is 2. The van der Waals surface area contributed by atoms with E-state index >= 15 is 0 Å². The van der Waals surface area contributed by atoms with E-state index in [1.165, 1.54) is 50.8 Å². The summed E-state index contributed by atoms with van der Waals surface area (Å²) in [4.78, 5) is 50.5. The number of rotatable bonds is 24. The van der Waals surface area contributed by atoms with Gasteiger partial charge in [-0.1, -0.05) is 24.3 Å². The van der Waals surface area contributed by atoms with Gasteiger partial charge in [0.25, 0.3) is 11.8 Å². The number of benzene rings is 2. The third-order valence-corrected chi connectivity index (χ3v) is 12.1. The Balaban J connectivity index is 0.858. The van der Waals surface area contributed by atoms with Crippen molar-refractivity contribution in [3.63, 3.8) is 0 Å². The summed E-state index contributed by atoms with van der Waals surface area (Å²) < 4.78 is 112. The molecule has 0 aliphatic heterocycles. The third-order valence-electron chi connectivity index (χ3n) is 11.4. The number of aromatic nitrogens is 10. The molecule has 8 rings (SSSR count). The topological polar surface area (TPSA) is 295 Å². The fourth-order valence-electron chi connectivity index (χ4n) is 7.39. The first-order valence-corrected chi connectivity index (χ1v) is 25.1. The van der Waals surface area contributed by atoms with Crippen LogP contribution in [0.2, 0.25) is 0 Å². The van der Waals surface area contributed by atoms with Gasteiger partial charge in [0.2, 0.25) is 11.9 Å². The molecule has 30 heteroatoms. The van der Waals surface area contributed by atoms with Gasteiger partial charge in [-0.2, -0.15) is 46.5 Å². The number of nitrogens with one attached hydrogen (secondary N) is 6. The largest absolute Gasteiger partial charge is 0.698 e. The normalized spacial score (nSPS) is 11.5. The highest BCUT2D eigenvalue weighted by molar-refractivity contribution is 7.33. The molecule has 0 fully saturated rings. The number of amides is 2.